The lowest BCUT2D eigenvalue weighted by molar-refractivity contribution is 0.395. The summed E-state index contributed by atoms with van der Waals surface area (Å²) in [4.78, 5) is 9.38. The highest BCUT2D eigenvalue weighted by Gasteiger charge is 2.13. The number of pyridine rings is 1. The number of methoxy groups -OCH3 is 2. The van der Waals surface area contributed by atoms with Gasteiger partial charge in [0.15, 0.2) is 0 Å². The summed E-state index contributed by atoms with van der Waals surface area (Å²) in [5.41, 5.74) is 3.24. The summed E-state index contributed by atoms with van der Waals surface area (Å²) < 4.78 is 12.7. The van der Waals surface area contributed by atoms with E-state index in [0.717, 1.165) is 22.6 Å². The molecule has 0 amide bonds. The monoisotopic (exact) mass is 391 g/mol. The standard InChI is InChI=1S/C22H18ClN3O2/c1-27-15-10-11-18(21(13-15)28-2)24-14-19-20-9-5-6-12-26(20)22(25-19)16-7-3-4-8-17(16)23/h3-14H,1-2H3. The van der Waals surface area contributed by atoms with Gasteiger partial charge in [-0.2, -0.15) is 0 Å². The average molecular weight is 392 g/mol. The quantitative estimate of drug-likeness (QED) is 0.426. The fourth-order valence-corrected chi connectivity index (χ4v) is 3.23. The number of nitrogens with zero attached hydrogens (tertiary/aromatic N) is 3. The van der Waals surface area contributed by atoms with Crippen molar-refractivity contribution < 1.29 is 9.47 Å². The number of aliphatic imine (C=N–C) groups is 1. The fourth-order valence-electron chi connectivity index (χ4n) is 3.01. The molecule has 0 unspecified atom stereocenters. The zero-order valence-electron chi connectivity index (χ0n) is 15.5. The largest absolute Gasteiger partial charge is 0.497 e. The van der Waals surface area contributed by atoms with Gasteiger partial charge in [-0.15, -0.1) is 0 Å². The number of rotatable bonds is 5. The van der Waals surface area contributed by atoms with Crippen molar-refractivity contribution in [1.29, 1.82) is 0 Å². The van der Waals surface area contributed by atoms with Crippen molar-refractivity contribution in [2.75, 3.05) is 14.2 Å². The summed E-state index contributed by atoms with van der Waals surface area (Å²) in [7, 11) is 3.22. The summed E-state index contributed by atoms with van der Waals surface area (Å²) in [5, 5.41) is 0.651. The Bertz CT molecular complexity index is 1170. The van der Waals surface area contributed by atoms with Crippen LogP contribution in [0.15, 0.2) is 71.9 Å². The number of hydrogen-bond acceptors (Lipinski definition) is 4. The molecule has 2 heterocycles. The second-order valence-electron chi connectivity index (χ2n) is 6.05. The molecule has 0 fully saturated rings. The van der Waals surface area contributed by atoms with Gasteiger partial charge in [0.1, 0.15) is 28.7 Å². The summed E-state index contributed by atoms with van der Waals surface area (Å²) in [5.74, 6) is 2.11. The molecule has 0 radical (unpaired) electrons. The highest BCUT2D eigenvalue weighted by molar-refractivity contribution is 6.33. The molecule has 0 saturated carbocycles. The number of benzene rings is 2. The molecule has 6 heteroatoms. The van der Waals surface area contributed by atoms with Crippen LogP contribution in [0.5, 0.6) is 11.5 Å². The van der Waals surface area contributed by atoms with E-state index in [2.05, 4.69) is 4.99 Å². The van der Waals surface area contributed by atoms with Crippen LogP contribution in [0.4, 0.5) is 5.69 Å². The minimum atomic E-state index is 0.630. The van der Waals surface area contributed by atoms with E-state index >= 15 is 0 Å². The maximum Gasteiger partial charge on any atom is 0.148 e. The smallest absolute Gasteiger partial charge is 0.148 e. The Hall–Kier alpha value is -3.31. The first-order valence-electron chi connectivity index (χ1n) is 8.69. The van der Waals surface area contributed by atoms with E-state index in [9.17, 15) is 0 Å². The van der Waals surface area contributed by atoms with Crippen LogP contribution in [0, 0.1) is 0 Å². The maximum absolute atomic E-state index is 6.39. The van der Waals surface area contributed by atoms with Gasteiger partial charge in [-0.1, -0.05) is 29.8 Å². The first kappa shape index (κ1) is 18.1. The molecule has 0 atom stereocenters. The number of halogens is 1. The Labute approximate surface area is 167 Å². The summed E-state index contributed by atoms with van der Waals surface area (Å²) in [6.07, 6.45) is 3.70. The lowest BCUT2D eigenvalue weighted by Crippen LogP contribution is -1.88. The molecule has 2 aromatic carbocycles. The molecule has 5 nitrogen and oxygen atoms in total. The number of ether oxygens (including phenoxy) is 2. The first-order chi connectivity index (χ1) is 13.7. The summed E-state index contributed by atoms with van der Waals surface area (Å²) in [6.45, 7) is 0. The fraction of sp³-hybridized carbons (Fsp3) is 0.0909. The third kappa shape index (κ3) is 3.32. The van der Waals surface area contributed by atoms with Crippen molar-refractivity contribution in [2.24, 2.45) is 4.99 Å². The number of aromatic nitrogens is 2. The Kier molecular flexibility index (Phi) is 5.00. The molecular formula is C22H18ClN3O2. The minimum absolute atomic E-state index is 0.630. The van der Waals surface area contributed by atoms with E-state index in [1.165, 1.54) is 0 Å². The second-order valence-corrected chi connectivity index (χ2v) is 6.46. The lowest BCUT2D eigenvalue weighted by Gasteiger charge is -2.06. The lowest BCUT2D eigenvalue weighted by atomic mass is 10.2. The molecule has 4 aromatic rings. The number of hydrogen-bond donors (Lipinski definition) is 0. The van der Waals surface area contributed by atoms with Gasteiger partial charge in [0.2, 0.25) is 0 Å². The normalized spacial score (nSPS) is 11.2. The Balaban J connectivity index is 1.80. The summed E-state index contributed by atoms with van der Waals surface area (Å²) in [6, 6.07) is 19.1. The van der Waals surface area contributed by atoms with Crippen LogP contribution < -0.4 is 9.47 Å². The predicted octanol–water partition coefficient (Wildman–Crippen LogP) is 5.42. The average Bonchev–Trinajstić information content (AvgIpc) is 3.11. The van der Waals surface area contributed by atoms with E-state index in [4.69, 9.17) is 26.1 Å². The maximum atomic E-state index is 6.39. The third-order valence-corrected chi connectivity index (χ3v) is 4.73. The van der Waals surface area contributed by atoms with Crippen LogP contribution in [0.2, 0.25) is 5.02 Å². The topological polar surface area (TPSA) is 48.1 Å². The van der Waals surface area contributed by atoms with Gasteiger partial charge in [0.25, 0.3) is 0 Å². The van der Waals surface area contributed by atoms with Gasteiger partial charge in [0, 0.05) is 17.8 Å². The molecule has 140 valence electrons. The Morgan fingerprint density at radius 3 is 2.61 bits per heavy atom. The van der Waals surface area contributed by atoms with E-state index in [1.54, 1.807) is 26.5 Å². The molecule has 0 aliphatic rings. The van der Waals surface area contributed by atoms with Crippen LogP contribution in [0.3, 0.4) is 0 Å². The van der Waals surface area contributed by atoms with E-state index < -0.39 is 0 Å². The zero-order chi connectivity index (χ0) is 19.5. The van der Waals surface area contributed by atoms with Crippen molar-refractivity contribution in [2.45, 2.75) is 0 Å². The van der Waals surface area contributed by atoms with Crippen LogP contribution in [-0.2, 0) is 0 Å². The zero-order valence-corrected chi connectivity index (χ0v) is 16.2. The Morgan fingerprint density at radius 1 is 1.00 bits per heavy atom. The van der Waals surface area contributed by atoms with E-state index in [1.807, 2.05) is 65.2 Å². The van der Waals surface area contributed by atoms with Crippen molar-refractivity contribution in [3.8, 4) is 22.9 Å². The molecular weight excluding hydrogens is 374 g/mol. The van der Waals surface area contributed by atoms with Crippen LogP contribution in [-0.4, -0.2) is 29.8 Å². The van der Waals surface area contributed by atoms with Gasteiger partial charge in [-0.25, -0.2) is 4.98 Å². The van der Waals surface area contributed by atoms with Crippen LogP contribution in [0.1, 0.15) is 5.69 Å². The van der Waals surface area contributed by atoms with Crippen molar-refractivity contribution in [3.63, 3.8) is 0 Å². The number of imidazole rings is 1. The Morgan fingerprint density at radius 2 is 1.82 bits per heavy atom. The molecule has 2 aromatic heterocycles. The van der Waals surface area contributed by atoms with Gasteiger partial charge in [-0.05, 0) is 36.4 Å². The summed E-state index contributed by atoms with van der Waals surface area (Å²) >= 11 is 6.39. The van der Waals surface area contributed by atoms with Gasteiger partial charge >= 0.3 is 0 Å². The highest BCUT2D eigenvalue weighted by Crippen LogP contribution is 2.32. The molecule has 0 aliphatic carbocycles. The first-order valence-corrected chi connectivity index (χ1v) is 9.07. The SMILES string of the molecule is COc1ccc(N=Cc2nc(-c3ccccc3Cl)n3ccccc23)c(OC)c1. The van der Waals surface area contributed by atoms with Gasteiger partial charge < -0.3 is 9.47 Å². The van der Waals surface area contributed by atoms with E-state index in [-0.39, 0.29) is 0 Å². The molecule has 0 bridgehead atoms. The molecule has 4 rings (SSSR count). The highest BCUT2D eigenvalue weighted by atomic mass is 35.5. The van der Waals surface area contributed by atoms with Crippen molar-refractivity contribution in [3.05, 3.63) is 77.6 Å². The van der Waals surface area contributed by atoms with Crippen LogP contribution in [0.25, 0.3) is 16.9 Å². The van der Waals surface area contributed by atoms with Gasteiger partial charge in [-0.3, -0.25) is 9.39 Å². The molecule has 0 spiro atoms. The third-order valence-electron chi connectivity index (χ3n) is 4.40. The molecule has 0 N–H and O–H groups in total. The number of fused-ring (bicyclic) bond motifs is 1. The van der Waals surface area contributed by atoms with Crippen molar-refractivity contribution >= 4 is 29.0 Å². The minimum Gasteiger partial charge on any atom is -0.497 e. The molecule has 0 aliphatic heterocycles. The van der Waals surface area contributed by atoms with Gasteiger partial charge in [0.05, 0.1) is 31.0 Å². The molecule has 0 saturated heterocycles. The predicted molar refractivity (Wildman–Crippen MR) is 112 cm³/mol. The van der Waals surface area contributed by atoms with E-state index in [0.29, 0.717) is 22.2 Å². The second kappa shape index (κ2) is 7.74. The van der Waals surface area contributed by atoms with Crippen molar-refractivity contribution in [1.82, 2.24) is 9.38 Å². The van der Waals surface area contributed by atoms with Crippen LogP contribution >= 0.6 is 11.6 Å². The molecule has 28 heavy (non-hydrogen) atoms.